The summed E-state index contributed by atoms with van der Waals surface area (Å²) in [4.78, 5) is 61.3. The van der Waals surface area contributed by atoms with E-state index in [-0.39, 0.29) is 36.2 Å². The number of carbonyl (C=O) groups excluding carboxylic acids is 4. The fraction of sp³-hybridized carbons (Fsp3) is 0.262. The number of nitrogens with zero attached hydrogens (tertiary/aromatic N) is 3. The lowest BCUT2D eigenvalue weighted by Crippen LogP contribution is -2.41. The normalized spacial score (nSPS) is 14.7. The summed E-state index contributed by atoms with van der Waals surface area (Å²) >= 11 is 0. The first-order valence-electron chi connectivity index (χ1n) is 17.5. The predicted octanol–water partition coefficient (Wildman–Crippen LogP) is 7.48. The van der Waals surface area contributed by atoms with Gasteiger partial charge in [0.25, 0.3) is 11.8 Å². The van der Waals surface area contributed by atoms with Gasteiger partial charge >= 0.3 is 6.09 Å². The topological polar surface area (TPSA) is 121 Å². The van der Waals surface area contributed by atoms with Crippen LogP contribution in [0, 0.1) is 5.82 Å². The van der Waals surface area contributed by atoms with Crippen molar-refractivity contribution < 1.29 is 28.3 Å². The average Bonchev–Trinajstić information content (AvgIpc) is 3.65. The Hall–Kier alpha value is -6.10. The number of hydrogen-bond acceptors (Lipinski definition) is 6. The number of aromatic nitrogens is 1. The van der Waals surface area contributed by atoms with Crippen LogP contribution in [-0.2, 0) is 16.1 Å². The average molecular weight is 716 g/mol. The molecule has 0 spiro atoms. The fourth-order valence-electron chi connectivity index (χ4n) is 6.40. The molecule has 0 saturated carbocycles. The second kappa shape index (κ2) is 15.6. The maximum Gasteiger partial charge on any atom is 0.410 e. The predicted molar refractivity (Wildman–Crippen MR) is 201 cm³/mol. The van der Waals surface area contributed by atoms with Crippen molar-refractivity contribution in [1.29, 1.82) is 0 Å². The van der Waals surface area contributed by atoms with Crippen molar-refractivity contribution in [3.05, 3.63) is 143 Å². The van der Waals surface area contributed by atoms with Gasteiger partial charge in [0.15, 0.2) is 0 Å². The fourth-order valence-corrected chi connectivity index (χ4v) is 6.40. The van der Waals surface area contributed by atoms with E-state index in [1.54, 1.807) is 90.8 Å². The zero-order valence-corrected chi connectivity index (χ0v) is 30.1. The zero-order valence-electron chi connectivity index (χ0n) is 30.1. The van der Waals surface area contributed by atoms with Crippen LogP contribution < -0.4 is 10.6 Å². The highest BCUT2D eigenvalue weighted by molar-refractivity contribution is 6.06. The number of pyridine rings is 1. The first-order chi connectivity index (χ1) is 25.3. The number of halogens is 1. The van der Waals surface area contributed by atoms with Crippen LogP contribution in [0.15, 0.2) is 109 Å². The number of rotatable bonds is 9. The van der Waals surface area contributed by atoms with E-state index in [2.05, 4.69) is 15.6 Å². The molecule has 0 unspecified atom stereocenters. The van der Waals surface area contributed by atoms with Crippen molar-refractivity contribution in [1.82, 2.24) is 20.1 Å². The van der Waals surface area contributed by atoms with E-state index in [0.29, 0.717) is 52.9 Å². The highest BCUT2D eigenvalue weighted by Crippen LogP contribution is 2.31. The highest BCUT2D eigenvalue weighted by atomic mass is 19.1. The molecule has 1 aromatic heterocycles. The minimum Gasteiger partial charge on any atom is -0.444 e. The maximum atomic E-state index is 13.7. The molecule has 0 aliphatic carbocycles. The molecule has 5 aromatic rings. The van der Waals surface area contributed by atoms with Gasteiger partial charge in [-0.3, -0.25) is 14.4 Å². The van der Waals surface area contributed by atoms with Crippen LogP contribution in [0.25, 0.3) is 10.9 Å². The molecule has 1 aliphatic rings. The summed E-state index contributed by atoms with van der Waals surface area (Å²) in [6.45, 7) is 6.73. The Morgan fingerprint density at radius 3 is 2.36 bits per heavy atom. The Balaban J connectivity index is 1.14. The van der Waals surface area contributed by atoms with Gasteiger partial charge in [-0.25, -0.2) is 14.2 Å². The van der Waals surface area contributed by atoms with Crippen molar-refractivity contribution in [2.24, 2.45) is 0 Å². The van der Waals surface area contributed by atoms with E-state index in [4.69, 9.17) is 4.74 Å². The summed E-state index contributed by atoms with van der Waals surface area (Å²) in [5, 5.41) is 6.47. The number of ether oxygens (including phenoxy) is 1. The minimum atomic E-state index is -0.965. The van der Waals surface area contributed by atoms with Crippen LogP contribution in [0.2, 0.25) is 0 Å². The molecule has 0 radical (unpaired) electrons. The Morgan fingerprint density at radius 1 is 0.906 bits per heavy atom. The van der Waals surface area contributed by atoms with Gasteiger partial charge < -0.3 is 25.2 Å². The molecule has 4 amide bonds. The number of anilines is 1. The molecule has 11 heteroatoms. The second-order valence-corrected chi connectivity index (χ2v) is 14.2. The van der Waals surface area contributed by atoms with Gasteiger partial charge in [0.1, 0.15) is 23.3 Å². The Bertz CT molecular complexity index is 2130. The third-order valence-corrected chi connectivity index (χ3v) is 9.04. The van der Waals surface area contributed by atoms with Crippen LogP contribution in [0.1, 0.15) is 76.6 Å². The molecule has 4 aromatic carbocycles. The van der Waals surface area contributed by atoms with Gasteiger partial charge in [-0.15, -0.1) is 0 Å². The monoisotopic (exact) mass is 715 g/mol. The summed E-state index contributed by atoms with van der Waals surface area (Å²) in [5.74, 6) is -1.14. The molecule has 1 fully saturated rings. The van der Waals surface area contributed by atoms with Gasteiger partial charge in [0.2, 0.25) is 5.91 Å². The molecule has 6 rings (SSSR count). The van der Waals surface area contributed by atoms with Gasteiger partial charge in [-0.1, -0.05) is 60.7 Å². The Morgan fingerprint density at radius 2 is 1.62 bits per heavy atom. The lowest BCUT2D eigenvalue weighted by Gasteiger charge is -2.25. The first-order valence-corrected chi connectivity index (χ1v) is 17.5. The van der Waals surface area contributed by atoms with Gasteiger partial charge in [-0.2, -0.15) is 0 Å². The SMILES string of the molecule is CN(Cc1ccc(F)cc1)C(=O)[C@@H](NC(=O)c1ccc2nc(NC(=O)c3ccccc3[C@@H]3CCN(C(=O)OC(C)(C)C)C3)ccc2c1)c1ccccc1. The molecule has 10 nitrogen and oxygen atoms in total. The molecule has 272 valence electrons. The number of nitrogens with one attached hydrogen (secondary N) is 2. The second-order valence-electron chi connectivity index (χ2n) is 14.2. The number of benzene rings is 4. The quantitative estimate of drug-likeness (QED) is 0.163. The van der Waals surface area contributed by atoms with E-state index in [1.807, 2.05) is 39.0 Å². The summed E-state index contributed by atoms with van der Waals surface area (Å²) in [7, 11) is 1.64. The third-order valence-electron chi connectivity index (χ3n) is 9.04. The van der Waals surface area contributed by atoms with Gasteiger partial charge in [0.05, 0.1) is 5.52 Å². The minimum absolute atomic E-state index is 0.0226. The third kappa shape index (κ3) is 9.04. The molecule has 2 atom stereocenters. The summed E-state index contributed by atoms with van der Waals surface area (Å²) < 4.78 is 19.0. The summed E-state index contributed by atoms with van der Waals surface area (Å²) in [6, 6.07) is 29.7. The Kier molecular flexibility index (Phi) is 10.8. The maximum absolute atomic E-state index is 13.7. The van der Waals surface area contributed by atoms with E-state index >= 15 is 0 Å². The van der Waals surface area contributed by atoms with Crippen LogP contribution in [0.4, 0.5) is 15.0 Å². The van der Waals surface area contributed by atoms with Crippen LogP contribution >= 0.6 is 0 Å². The van der Waals surface area contributed by atoms with Crippen molar-refractivity contribution in [3.63, 3.8) is 0 Å². The number of fused-ring (bicyclic) bond motifs is 1. The van der Waals surface area contributed by atoms with Crippen molar-refractivity contribution in [3.8, 4) is 0 Å². The number of likely N-dealkylation sites (tertiary alicyclic amines) is 1. The summed E-state index contributed by atoms with van der Waals surface area (Å²) in [5.41, 5.74) is 3.02. The molecular formula is C42H42FN5O5. The van der Waals surface area contributed by atoms with E-state index in [9.17, 15) is 23.6 Å². The van der Waals surface area contributed by atoms with Gasteiger partial charge in [0, 0.05) is 49.1 Å². The standard InChI is InChI=1S/C42H42FN5O5/c1-42(2,3)53-41(52)48-23-22-31(26-48)33-12-8-9-13-34(33)39(50)45-36-21-17-29-24-30(16-20-35(29)44-36)38(49)46-37(28-10-6-5-7-11-28)40(51)47(4)25-27-14-18-32(43)19-15-27/h5-21,24,31,37H,22-23,25-26H2,1-4H3,(H,46,49)(H,44,45,50)/t31-,37+/m1/s1. The highest BCUT2D eigenvalue weighted by Gasteiger charge is 2.32. The van der Waals surface area contributed by atoms with E-state index < -0.39 is 17.6 Å². The Labute approximate surface area is 308 Å². The lowest BCUT2D eigenvalue weighted by atomic mass is 9.93. The molecular weight excluding hydrogens is 673 g/mol. The molecule has 2 N–H and O–H groups in total. The van der Waals surface area contributed by atoms with E-state index in [1.165, 1.54) is 17.0 Å². The van der Waals surface area contributed by atoms with Crippen molar-refractivity contribution >= 4 is 40.5 Å². The van der Waals surface area contributed by atoms with Gasteiger partial charge in [-0.05, 0) is 92.4 Å². The van der Waals surface area contributed by atoms with Crippen LogP contribution in [0.5, 0.6) is 0 Å². The van der Waals surface area contributed by atoms with Crippen molar-refractivity contribution in [2.75, 3.05) is 25.5 Å². The molecule has 1 aliphatic heterocycles. The molecule has 0 bridgehead atoms. The number of likely N-dealkylation sites (N-methyl/N-ethyl adjacent to an activating group) is 1. The summed E-state index contributed by atoms with van der Waals surface area (Å²) in [6.07, 6.45) is 0.347. The number of amides is 4. The lowest BCUT2D eigenvalue weighted by molar-refractivity contribution is -0.132. The smallest absolute Gasteiger partial charge is 0.410 e. The largest absolute Gasteiger partial charge is 0.444 e. The van der Waals surface area contributed by atoms with Crippen molar-refractivity contribution in [2.45, 2.75) is 51.3 Å². The molecule has 1 saturated heterocycles. The van der Waals surface area contributed by atoms with E-state index in [0.717, 1.165) is 11.1 Å². The van der Waals surface area contributed by atoms with Crippen LogP contribution in [0.3, 0.4) is 0 Å². The number of hydrogen-bond donors (Lipinski definition) is 2. The molecule has 53 heavy (non-hydrogen) atoms. The zero-order chi connectivity index (χ0) is 37.7. The molecule has 2 heterocycles. The number of carbonyl (C=O) groups is 4. The first kappa shape index (κ1) is 36.7. The van der Waals surface area contributed by atoms with Crippen LogP contribution in [-0.4, -0.2) is 64.3 Å².